The number of rotatable bonds is 8. The zero-order valence-corrected chi connectivity index (χ0v) is 13.9. The predicted octanol–water partition coefficient (Wildman–Crippen LogP) is 3.08. The van der Waals surface area contributed by atoms with Crippen LogP contribution in [0.15, 0.2) is 18.2 Å². The molecular weight excluding hydrogens is 278 g/mol. The van der Waals surface area contributed by atoms with Gasteiger partial charge in [-0.2, -0.15) is 0 Å². The predicted molar refractivity (Wildman–Crippen MR) is 88.5 cm³/mol. The summed E-state index contributed by atoms with van der Waals surface area (Å²) < 4.78 is 11.5. The molecule has 1 aliphatic rings. The molecule has 22 heavy (non-hydrogen) atoms. The molecule has 4 nitrogen and oxygen atoms in total. The monoisotopic (exact) mass is 307 g/mol. The number of likely N-dealkylation sites (tertiary alicyclic amines) is 1. The number of nitrogens with zero attached hydrogens (tertiary/aromatic N) is 1. The molecule has 124 valence electrons. The molecule has 0 aliphatic carbocycles. The van der Waals surface area contributed by atoms with Crippen molar-refractivity contribution >= 4 is 0 Å². The highest BCUT2D eigenvalue weighted by atomic mass is 16.5. The van der Waals surface area contributed by atoms with Gasteiger partial charge in [0.2, 0.25) is 0 Å². The average Bonchev–Trinajstić information content (AvgIpc) is 2.54. The summed E-state index contributed by atoms with van der Waals surface area (Å²) in [6.07, 6.45) is 3.30. The van der Waals surface area contributed by atoms with Crippen LogP contribution in [0.2, 0.25) is 0 Å². The number of ether oxygens (including phenoxy) is 2. The van der Waals surface area contributed by atoms with Crippen molar-refractivity contribution in [1.82, 2.24) is 4.90 Å². The van der Waals surface area contributed by atoms with Gasteiger partial charge < -0.3 is 14.6 Å². The third-order valence-corrected chi connectivity index (χ3v) is 4.04. The van der Waals surface area contributed by atoms with Crippen LogP contribution < -0.4 is 9.47 Å². The summed E-state index contributed by atoms with van der Waals surface area (Å²) in [7, 11) is 0. The largest absolute Gasteiger partial charge is 0.490 e. The van der Waals surface area contributed by atoms with Gasteiger partial charge in [0, 0.05) is 19.7 Å². The molecule has 0 saturated carbocycles. The number of hydrogen-bond donors (Lipinski definition) is 1. The van der Waals surface area contributed by atoms with Crippen molar-refractivity contribution in [2.24, 2.45) is 5.92 Å². The van der Waals surface area contributed by atoms with E-state index in [0.29, 0.717) is 25.7 Å². The second-order valence-corrected chi connectivity index (χ2v) is 5.99. The highest BCUT2D eigenvalue weighted by Gasteiger charge is 2.19. The lowest BCUT2D eigenvalue weighted by Gasteiger charge is -2.31. The van der Waals surface area contributed by atoms with E-state index in [1.54, 1.807) is 0 Å². The van der Waals surface area contributed by atoms with Crippen LogP contribution in [0.5, 0.6) is 11.5 Å². The van der Waals surface area contributed by atoms with Crippen molar-refractivity contribution in [2.45, 2.75) is 39.7 Å². The fraction of sp³-hybridized carbons (Fsp3) is 0.667. The Morgan fingerprint density at radius 1 is 1.23 bits per heavy atom. The lowest BCUT2D eigenvalue weighted by atomic mass is 9.98. The Labute approximate surface area is 134 Å². The average molecular weight is 307 g/mol. The highest BCUT2D eigenvalue weighted by Crippen LogP contribution is 2.29. The van der Waals surface area contributed by atoms with E-state index in [1.807, 2.05) is 13.0 Å². The van der Waals surface area contributed by atoms with Gasteiger partial charge in [-0.3, -0.25) is 4.90 Å². The van der Waals surface area contributed by atoms with Crippen molar-refractivity contribution < 1.29 is 14.6 Å². The van der Waals surface area contributed by atoms with Crippen molar-refractivity contribution in [2.75, 3.05) is 32.9 Å². The quantitative estimate of drug-likeness (QED) is 0.801. The van der Waals surface area contributed by atoms with E-state index in [0.717, 1.165) is 44.0 Å². The summed E-state index contributed by atoms with van der Waals surface area (Å²) in [5.41, 5.74) is 1.24. The molecule has 1 unspecified atom stereocenters. The summed E-state index contributed by atoms with van der Waals surface area (Å²) in [4.78, 5) is 2.42. The molecule has 1 N–H and O–H groups in total. The number of benzene rings is 1. The Hall–Kier alpha value is -1.26. The van der Waals surface area contributed by atoms with Crippen LogP contribution in [-0.2, 0) is 6.54 Å². The molecule has 0 bridgehead atoms. The number of aliphatic hydroxyl groups excluding tert-OH is 1. The number of aliphatic hydroxyl groups is 1. The van der Waals surface area contributed by atoms with Crippen LogP contribution in [0.1, 0.15) is 38.7 Å². The van der Waals surface area contributed by atoms with Gasteiger partial charge in [-0.05, 0) is 56.3 Å². The van der Waals surface area contributed by atoms with E-state index in [9.17, 15) is 5.11 Å². The Balaban J connectivity index is 2.02. The van der Waals surface area contributed by atoms with E-state index in [4.69, 9.17) is 9.47 Å². The van der Waals surface area contributed by atoms with Gasteiger partial charge in [0.25, 0.3) is 0 Å². The maximum atomic E-state index is 9.34. The molecule has 1 saturated heterocycles. The Kier molecular flexibility index (Phi) is 7.00. The van der Waals surface area contributed by atoms with Crippen LogP contribution >= 0.6 is 0 Å². The minimum absolute atomic E-state index is 0.296. The smallest absolute Gasteiger partial charge is 0.161 e. The Morgan fingerprint density at radius 3 is 2.82 bits per heavy atom. The molecule has 0 aromatic heterocycles. The molecule has 1 aromatic carbocycles. The van der Waals surface area contributed by atoms with E-state index >= 15 is 0 Å². The normalized spacial score (nSPS) is 19.1. The first-order valence-electron chi connectivity index (χ1n) is 8.48. The van der Waals surface area contributed by atoms with Crippen molar-refractivity contribution in [3.63, 3.8) is 0 Å². The van der Waals surface area contributed by atoms with Gasteiger partial charge in [-0.25, -0.2) is 0 Å². The molecule has 1 heterocycles. The van der Waals surface area contributed by atoms with Crippen LogP contribution in [0.4, 0.5) is 0 Å². The fourth-order valence-electron chi connectivity index (χ4n) is 2.95. The maximum absolute atomic E-state index is 9.34. The highest BCUT2D eigenvalue weighted by molar-refractivity contribution is 5.43. The molecule has 0 amide bonds. The third kappa shape index (κ3) is 4.89. The van der Waals surface area contributed by atoms with E-state index in [-0.39, 0.29) is 0 Å². The van der Waals surface area contributed by atoms with Gasteiger partial charge in [0.15, 0.2) is 11.5 Å². The fourth-order valence-corrected chi connectivity index (χ4v) is 2.95. The van der Waals surface area contributed by atoms with Crippen molar-refractivity contribution in [3.8, 4) is 11.5 Å². The van der Waals surface area contributed by atoms with Crippen molar-refractivity contribution in [1.29, 1.82) is 0 Å². The Bertz CT molecular complexity index is 450. The van der Waals surface area contributed by atoms with Crippen molar-refractivity contribution in [3.05, 3.63) is 23.8 Å². The molecule has 0 radical (unpaired) electrons. The summed E-state index contributed by atoms with van der Waals surface area (Å²) in [5, 5.41) is 9.34. The molecule has 1 atom stereocenters. The van der Waals surface area contributed by atoms with Crippen LogP contribution in [0, 0.1) is 5.92 Å². The topological polar surface area (TPSA) is 41.9 Å². The molecule has 4 heteroatoms. The zero-order valence-electron chi connectivity index (χ0n) is 13.9. The zero-order chi connectivity index (χ0) is 15.8. The molecular formula is C18H29NO3. The van der Waals surface area contributed by atoms with Gasteiger partial charge in [-0.1, -0.05) is 13.0 Å². The van der Waals surface area contributed by atoms with Gasteiger partial charge in [-0.15, -0.1) is 0 Å². The van der Waals surface area contributed by atoms with Gasteiger partial charge >= 0.3 is 0 Å². The summed E-state index contributed by atoms with van der Waals surface area (Å²) >= 11 is 0. The first-order valence-corrected chi connectivity index (χ1v) is 8.48. The maximum Gasteiger partial charge on any atom is 0.161 e. The molecule has 2 rings (SSSR count). The van der Waals surface area contributed by atoms with E-state index < -0.39 is 0 Å². The first kappa shape index (κ1) is 17.1. The lowest BCUT2D eigenvalue weighted by Crippen LogP contribution is -2.36. The summed E-state index contributed by atoms with van der Waals surface area (Å²) in [6.45, 7) is 8.74. The van der Waals surface area contributed by atoms with Gasteiger partial charge in [0.1, 0.15) is 0 Å². The minimum Gasteiger partial charge on any atom is -0.490 e. The Morgan fingerprint density at radius 2 is 2.09 bits per heavy atom. The van der Waals surface area contributed by atoms with Gasteiger partial charge in [0.05, 0.1) is 13.2 Å². The second-order valence-electron chi connectivity index (χ2n) is 5.99. The number of hydrogen-bond acceptors (Lipinski definition) is 4. The molecule has 0 spiro atoms. The summed E-state index contributed by atoms with van der Waals surface area (Å²) in [5.74, 6) is 2.09. The molecule has 1 aliphatic heterocycles. The lowest BCUT2D eigenvalue weighted by molar-refractivity contribution is 0.116. The van der Waals surface area contributed by atoms with Crippen LogP contribution in [0.25, 0.3) is 0 Å². The van der Waals surface area contributed by atoms with Crippen LogP contribution in [0.3, 0.4) is 0 Å². The first-order chi connectivity index (χ1) is 10.8. The van der Waals surface area contributed by atoms with E-state index in [1.165, 1.54) is 12.0 Å². The third-order valence-electron chi connectivity index (χ3n) is 4.04. The second kappa shape index (κ2) is 9.01. The SMILES string of the molecule is CCCOc1ccc(CN2CCCC(CO)C2)cc1OCC. The molecule has 1 fully saturated rings. The van der Waals surface area contributed by atoms with E-state index in [2.05, 4.69) is 24.0 Å². The van der Waals surface area contributed by atoms with Crippen LogP contribution in [-0.4, -0.2) is 42.9 Å². The standard InChI is InChI=1S/C18H29NO3/c1-3-10-22-17-8-7-15(11-18(17)21-4-2)12-19-9-5-6-16(13-19)14-20/h7-8,11,16,20H,3-6,9-10,12-14H2,1-2H3. The number of piperidine rings is 1. The summed E-state index contributed by atoms with van der Waals surface area (Å²) in [6, 6.07) is 6.23. The molecule has 1 aromatic rings. The minimum atomic E-state index is 0.296.